The van der Waals surface area contributed by atoms with Gasteiger partial charge in [0, 0.05) is 39.0 Å². The monoisotopic (exact) mass is 350 g/mol. The fourth-order valence-corrected chi connectivity index (χ4v) is 2.67. The summed E-state index contributed by atoms with van der Waals surface area (Å²) in [5.41, 5.74) is 6.23. The second kappa shape index (κ2) is 7.89. The molecule has 2 aromatic carbocycles. The van der Waals surface area contributed by atoms with Gasteiger partial charge in [-0.2, -0.15) is 0 Å². The van der Waals surface area contributed by atoms with Crippen molar-refractivity contribution in [1.29, 1.82) is 0 Å². The highest BCUT2D eigenvalue weighted by Crippen LogP contribution is 2.09. The molecular formula is C16H15ClN2O3S. The van der Waals surface area contributed by atoms with Gasteiger partial charge in [-0.15, -0.1) is 0 Å². The average Bonchev–Trinajstić information content (AvgIpc) is 2.52. The first-order chi connectivity index (χ1) is 11.0. The van der Waals surface area contributed by atoms with Crippen LogP contribution in [0.5, 0.6) is 0 Å². The van der Waals surface area contributed by atoms with Gasteiger partial charge >= 0.3 is 0 Å². The number of carbonyl (C=O) groups is 2. The maximum absolute atomic E-state index is 12.0. The molecule has 2 aromatic rings. The molecule has 0 aliphatic heterocycles. The Kier molecular flexibility index (Phi) is 5.90. The van der Waals surface area contributed by atoms with E-state index in [2.05, 4.69) is 10.9 Å². The molecule has 0 spiro atoms. The molecule has 2 rings (SSSR count). The summed E-state index contributed by atoms with van der Waals surface area (Å²) in [6.07, 6.45) is 1.60. The fraction of sp³-hybridized carbons (Fsp3) is 0.125. The minimum atomic E-state index is -0.988. The predicted octanol–water partition coefficient (Wildman–Crippen LogP) is 2.29. The largest absolute Gasteiger partial charge is 0.269 e. The molecule has 2 N–H and O–H groups in total. The number of carbonyl (C=O) groups excluding carboxylic acids is 2. The van der Waals surface area contributed by atoms with Crippen LogP contribution < -0.4 is 10.9 Å². The molecule has 5 nitrogen and oxygen atoms in total. The highest BCUT2D eigenvalue weighted by atomic mass is 35.5. The van der Waals surface area contributed by atoms with E-state index < -0.39 is 22.6 Å². The van der Waals surface area contributed by atoms with Crippen molar-refractivity contribution in [2.24, 2.45) is 0 Å². The second-order valence-corrected chi connectivity index (χ2v) is 6.70. The van der Waals surface area contributed by atoms with Crippen molar-refractivity contribution < 1.29 is 13.8 Å². The summed E-state index contributed by atoms with van der Waals surface area (Å²) in [6, 6.07) is 13.1. The lowest BCUT2D eigenvalue weighted by Crippen LogP contribution is -2.41. The molecule has 23 heavy (non-hydrogen) atoms. The van der Waals surface area contributed by atoms with Crippen LogP contribution in [0, 0.1) is 0 Å². The SMILES string of the molecule is CS(=O)Cc1cccc(C(=O)NNC(=O)c2ccc(Cl)cc2)c1. The van der Waals surface area contributed by atoms with Crippen molar-refractivity contribution in [2.45, 2.75) is 5.75 Å². The van der Waals surface area contributed by atoms with Gasteiger partial charge in [0.05, 0.1) is 0 Å². The highest BCUT2D eigenvalue weighted by Gasteiger charge is 2.10. The Morgan fingerprint density at radius 2 is 1.61 bits per heavy atom. The van der Waals surface area contributed by atoms with Crippen molar-refractivity contribution in [3.8, 4) is 0 Å². The highest BCUT2D eigenvalue weighted by molar-refractivity contribution is 7.83. The molecule has 0 saturated heterocycles. The van der Waals surface area contributed by atoms with Crippen molar-refractivity contribution >= 4 is 34.2 Å². The number of benzene rings is 2. The fourth-order valence-electron chi connectivity index (χ4n) is 1.90. The average molecular weight is 351 g/mol. The van der Waals surface area contributed by atoms with E-state index in [1.807, 2.05) is 0 Å². The van der Waals surface area contributed by atoms with Gasteiger partial charge in [0.15, 0.2) is 0 Å². The quantitative estimate of drug-likeness (QED) is 0.831. The molecule has 0 fully saturated rings. The molecule has 120 valence electrons. The van der Waals surface area contributed by atoms with E-state index in [1.165, 1.54) is 0 Å². The van der Waals surface area contributed by atoms with Crippen LogP contribution >= 0.6 is 11.6 Å². The van der Waals surface area contributed by atoms with E-state index in [0.717, 1.165) is 5.56 Å². The van der Waals surface area contributed by atoms with E-state index in [0.29, 0.717) is 21.9 Å². The zero-order valence-corrected chi connectivity index (χ0v) is 13.9. The molecule has 0 radical (unpaired) electrons. The van der Waals surface area contributed by atoms with Gasteiger partial charge in [-0.05, 0) is 42.0 Å². The Balaban J connectivity index is 1.98. The van der Waals surface area contributed by atoms with Gasteiger partial charge < -0.3 is 0 Å². The number of halogens is 1. The summed E-state index contributed by atoms with van der Waals surface area (Å²) in [4.78, 5) is 23.9. The molecule has 0 saturated carbocycles. The summed E-state index contributed by atoms with van der Waals surface area (Å²) < 4.78 is 11.2. The summed E-state index contributed by atoms with van der Waals surface area (Å²) >= 11 is 5.75. The third-order valence-electron chi connectivity index (χ3n) is 2.96. The molecule has 1 unspecified atom stereocenters. The molecule has 0 aromatic heterocycles. The summed E-state index contributed by atoms with van der Waals surface area (Å²) in [7, 11) is -0.988. The van der Waals surface area contributed by atoms with E-state index in [-0.39, 0.29) is 0 Å². The molecule has 0 heterocycles. The zero-order valence-electron chi connectivity index (χ0n) is 12.3. The van der Waals surface area contributed by atoms with Crippen LogP contribution in [0.1, 0.15) is 26.3 Å². The Labute approximate surface area is 141 Å². The number of amides is 2. The lowest BCUT2D eigenvalue weighted by molar-refractivity contribution is 0.0846. The van der Waals surface area contributed by atoms with Crippen LogP contribution in [0.15, 0.2) is 48.5 Å². The Bertz CT molecular complexity index is 747. The van der Waals surface area contributed by atoms with Crippen LogP contribution in [0.3, 0.4) is 0 Å². The van der Waals surface area contributed by atoms with Crippen molar-refractivity contribution in [3.63, 3.8) is 0 Å². The Hall–Kier alpha value is -2.18. The first-order valence-corrected chi connectivity index (χ1v) is 8.81. The number of nitrogens with one attached hydrogen (secondary N) is 2. The normalized spacial score (nSPS) is 11.6. The first-order valence-electron chi connectivity index (χ1n) is 6.71. The van der Waals surface area contributed by atoms with Gasteiger partial charge in [0.1, 0.15) is 0 Å². The molecule has 0 aliphatic rings. The maximum atomic E-state index is 12.0. The smallest absolute Gasteiger partial charge is 0.267 e. The molecule has 0 bridgehead atoms. The molecular weight excluding hydrogens is 336 g/mol. The number of hydrogen-bond donors (Lipinski definition) is 2. The van der Waals surface area contributed by atoms with Crippen molar-refractivity contribution in [3.05, 3.63) is 70.2 Å². The Morgan fingerprint density at radius 1 is 1.00 bits per heavy atom. The Morgan fingerprint density at radius 3 is 2.22 bits per heavy atom. The van der Waals surface area contributed by atoms with Crippen molar-refractivity contribution in [2.75, 3.05) is 6.26 Å². The van der Waals surface area contributed by atoms with Gasteiger partial charge in [0.2, 0.25) is 0 Å². The third-order valence-corrected chi connectivity index (χ3v) is 3.95. The van der Waals surface area contributed by atoms with Crippen LogP contribution in [-0.4, -0.2) is 22.3 Å². The van der Waals surface area contributed by atoms with Gasteiger partial charge in [-0.3, -0.25) is 24.6 Å². The van der Waals surface area contributed by atoms with E-state index in [1.54, 1.807) is 54.8 Å². The minimum absolute atomic E-state index is 0.373. The first kappa shape index (κ1) is 17.2. The van der Waals surface area contributed by atoms with Crippen LogP contribution in [0.4, 0.5) is 0 Å². The minimum Gasteiger partial charge on any atom is -0.267 e. The van der Waals surface area contributed by atoms with Crippen LogP contribution in [-0.2, 0) is 16.6 Å². The summed E-state index contributed by atoms with van der Waals surface area (Å²) in [5.74, 6) is -0.519. The molecule has 2 amide bonds. The second-order valence-electron chi connectivity index (χ2n) is 4.83. The molecule has 7 heteroatoms. The lowest BCUT2D eigenvalue weighted by atomic mass is 10.1. The topological polar surface area (TPSA) is 75.3 Å². The van der Waals surface area contributed by atoms with E-state index in [4.69, 9.17) is 11.6 Å². The van der Waals surface area contributed by atoms with Crippen molar-refractivity contribution in [1.82, 2.24) is 10.9 Å². The van der Waals surface area contributed by atoms with Gasteiger partial charge in [0.25, 0.3) is 11.8 Å². The van der Waals surface area contributed by atoms with Crippen LogP contribution in [0.2, 0.25) is 5.02 Å². The molecule has 1 atom stereocenters. The van der Waals surface area contributed by atoms with E-state index >= 15 is 0 Å². The third kappa shape index (κ3) is 5.19. The standard InChI is InChI=1S/C16H15ClN2O3S/c1-23(22)10-11-3-2-4-13(9-11)16(21)19-18-15(20)12-5-7-14(17)8-6-12/h2-9H,10H2,1H3,(H,18,20)(H,19,21). The molecule has 0 aliphatic carbocycles. The summed E-state index contributed by atoms with van der Waals surface area (Å²) in [5, 5.41) is 0.524. The lowest BCUT2D eigenvalue weighted by Gasteiger charge is -2.08. The van der Waals surface area contributed by atoms with Gasteiger partial charge in [-0.25, -0.2) is 0 Å². The number of rotatable bonds is 4. The van der Waals surface area contributed by atoms with E-state index in [9.17, 15) is 13.8 Å². The van der Waals surface area contributed by atoms with Gasteiger partial charge in [-0.1, -0.05) is 23.7 Å². The number of hydrogen-bond acceptors (Lipinski definition) is 3. The van der Waals surface area contributed by atoms with Crippen LogP contribution in [0.25, 0.3) is 0 Å². The maximum Gasteiger partial charge on any atom is 0.269 e. The number of hydrazine groups is 1. The summed E-state index contributed by atoms with van der Waals surface area (Å²) in [6.45, 7) is 0. The zero-order chi connectivity index (χ0) is 16.8. The predicted molar refractivity (Wildman–Crippen MR) is 90.6 cm³/mol.